The number of rotatable bonds is 2. The number of hydrogen-bond donors (Lipinski definition) is 0. The van der Waals surface area contributed by atoms with E-state index in [9.17, 15) is 0 Å². The Morgan fingerprint density at radius 3 is 2.34 bits per heavy atom. The Balaban J connectivity index is 1.61. The van der Waals surface area contributed by atoms with Crippen molar-refractivity contribution in [3.05, 3.63) is 102 Å². The summed E-state index contributed by atoms with van der Waals surface area (Å²) in [5.41, 5.74) is 4.86. The molecule has 1 fully saturated rings. The van der Waals surface area contributed by atoms with Gasteiger partial charge in [-0.05, 0) is 36.1 Å². The van der Waals surface area contributed by atoms with Crippen LogP contribution >= 0.6 is 0 Å². The van der Waals surface area contributed by atoms with Crippen molar-refractivity contribution in [1.82, 2.24) is 0 Å². The summed E-state index contributed by atoms with van der Waals surface area (Å²) in [6.07, 6.45) is 7.26. The molecular weight excluding hydrogens is 354 g/mol. The van der Waals surface area contributed by atoms with Crippen LogP contribution in [-0.4, -0.2) is 5.72 Å². The van der Waals surface area contributed by atoms with Gasteiger partial charge in [-0.2, -0.15) is 0 Å². The lowest BCUT2D eigenvalue weighted by molar-refractivity contribution is -0.0119. The lowest BCUT2D eigenvalue weighted by Gasteiger charge is -2.52. The minimum atomic E-state index is -0.289. The van der Waals surface area contributed by atoms with Gasteiger partial charge >= 0.3 is 0 Å². The molecule has 2 nitrogen and oxygen atoms in total. The summed E-state index contributed by atoms with van der Waals surface area (Å²) in [4.78, 5) is 2.53. The van der Waals surface area contributed by atoms with Gasteiger partial charge in [0.1, 0.15) is 5.75 Å². The molecule has 0 saturated heterocycles. The number of anilines is 1. The van der Waals surface area contributed by atoms with Crippen molar-refractivity contribution in [1.29, 1.82) is 0 Å². The minimum Gasteiger partial charge on any atom is -0.465 e. The molecule has 6 rings (SSSR count). The van der Waals surface area contributed by atoms with E-state index >= 15 is 0 Å². The van der Waals surface area contributed by atoms with Crippen LogP contribution in [0.5, 0.6) is 5.75 Å². The molecule has 1 aliphatic carbocycles. The van der Waals surface area contributed by atoms with Crippen molar-refractivity contribution in [3.63, 3.8) is 0 Å². The number of ether oxygens (including phenoxy) is 1. The van der Waals surface area contributed by atoms with Crippen molar-refractivity contribution in [2.24, 2.45) is 5.92 Å². The normalized spacial score (nSPS) is 27.3. The first-order valence-electron chi connectivity index (χ1n) is 10.8. The first kappa shape index (κ1) is 16.9. The second-order valence-corrected chi connectivity index (χ2v) is 8.46. The Bertz CT molecular complexity index is 1060. The summed E-state index contributed by atoms with van der Waals surface area (Å²) in [6, 6.07) is 30.4. The highest BCUT2D eigenvalue weighted by Gasteiger charge is 2.58. The van der Waals surface area contributed by atoms with Crippen LogP contribution < -0.4 is 9.64 Å². The number of allylic oxidation sites excluding steroid dienone is 1. The minimum absolute atomic E-state index is 0.289. The monoisotopic (exact) mass is 379 g/mol. The predicted octanol–water partition coefficient (Wildman–Crippen LogP) is 6.61. The predicted molar refractivity (Wildman–Crippen MR) is 118 cm³/mol. The highest BCUT2D eigenvalue weighted by atomic mass is 16.5. The maximum absolute atomic E-state index is 6.89. The molecule has 0 unspecified atom stereocenters. The zero-order valence-electron chi connectivity index (χ0n) is 16.5. The van der Waals surface area contributed by atoms with Crippen LogP contribution in [0.25, 0.3) is 5.70 Å². The Morgan fingerprint density at radius 1 is 0.793 bits per heavy atom. The summed E-state index contributed by atoms with van der Waals surface area (Å²) < 4.78 is 6.89. The van der Waals surface area contributed by atoms with Crippen molar-refractivity contribution in [3.8, 4) is 5.75 Å². The van der Waals surface area contributed by atoms with Crippen molar-refractivity contribution in [2.75, 3.05) is 4.90 Å². The average molecular weight is 380 g/mol. The second-order valence-electron chi connectivity index (χ2n) is 8.46. The van der Waals surface area contributed by atoms with Gasteiger partial charge in [0.05, 0.1) is 5.69 Å². The Morgan fingerprint density at radius 2 is 1.52 bits per heavy atom. The van der Waals surface area contributed by atoms with Gasteiger partial charge in [-0.1, -0.05) is 85.3 Å². The Labute approximate surface area is 172 Å². The van der Waals surface area contributed by atoms with Gasteiger partial charge in [-0.15, -0.1) is 0 Å². The average Bonchev–Trinajstić information content (AvgIpc) is 3.13. The quantitative estimate of drug-likeness (QED) is 0.497. The van der Waals surface area contributed by atoms with E-state index in [0.717, 1.165) is 12.2 Å². The van der Waals surface area contributed by atoms with E-state index in [1.54, 1.807) is 0 Å². The van der Waals surface area contributed by atoms with E-state index in [-0.39, 0.29) is 5.72 Å². The van der Waals surface area contributed by atoms with Crippen LogP contribution in [0.1, 0.15) is 42.7 Å². The highest BCUT2D eigenvalue weighted by molar-refractivity contribution is 5.87. The molecule has 3 aliphatic rings. The Hall–Kier alpha value is -3.00. The molecule has 0 radical (unpaired) electrons. The van der Waals surface area contributed by atoms with E-state index < -0.39 is 0 Å². The van der Waals surface area contributed by atoms with Crippen LogP contribution in [0.4, 0.5) is 5.69 Å². The van der Waals surface area contributed by atoms with E-state index in [4.69, 9.17) is 4.74 Å². The molecule has 0 bridgehead atoms. The summed E-state index contributed by atoms with van der Waals surface area (Å²) in [6.45, 7) is 0. The van der Waals surface area contributed by atoms with Gasteiger partial charge in [-0.25, -0.2) is 0 Å². The van der Waals surface area contributed by atoms with Gasteiger partial charge < -0.3 is 4.74 Å². The SMILES string of the molecule is C1=C(c2ccccc2)N2c3ccccc3O[C@]23CCCC[C@@H]3[C@H]1c1ccccc1. The zero-order valence-corrected chi connectivity index (χ0v) is 16.5. The summed E-state index contributed by atoms with van der Waals surface area (Å²) in [5.74, 6) is 1.82. The number of fused-ring (bicyclic) bond motifs is 2. The first-order chi connectivity index (χ1) is 14.4. The molecule has 1 saturated carbocycles. The molecule has 2 heterocycles. The second kappa shape index (κ2) is 6.52. The van der Waals surface area contributed by atoms with E-state index in [0.29, 0.717) is 11.8 Å². The molecule has 0 aromatic heterocycles. The molecule has 0 N–H and O–H groups in total. The summed E-state index contributed by atoms with van der Waals surface area (Å²) in [5, 5.41) is 0. The molecular formula is C27H25NO. The van der Waals surface area contributed by atoms with Crippen molar-refractivity contribution < 1.29 is 4.74 Å². The standard InChI is InChI=1S/C27H25NO/c1-3-11-20(12-4-1)22-19-25(21-13-5-2-6-14-21)28-24-16-7-8-17-26(24)29-27(28)18-10-9-15-23(22)27/h1-8,11-14,16-17,19,22-23H,9-10,15,18H2/t22-,23-,27+/m1/s1. The lowest BCUT2D eigenvalue weighted by atomic mass is 9.68. The van der Waals surface area contributed by atoms with E-state index in [1.807, 2.05) is 0 Å². The maximum Gasteiger partial charge on any atom is 0.191 e. The smallest absolute Gasteiger partial charge is 0.191 e. The molecule has 2 aliphatic heterocycles. The molecule has 3 atom stereocenters. The Kier molecular flexibility index (Phi) is 3.80. The third kappa shape index (κ3) is 2.48. The third-order valence-corrected chi connectivity index (χ3v) is 6.92. The van der Waals surface area contributed by atoms with Gasteiger partial charge in [-0.3, -0.25) is 4.90 Å². The summed E-state index contributed by atoms with van der Waals surface area (Å²) >= 11 is 0. The van der Waals surface area contributed by atoms with Crippen molar-refractivity contribution >= 4 is 11.4 Å². The summed E-state index contributed by atoms with van der Waals surface area (Å²) in [7, 11) is 0. The molecule has 3 aromatic carbocycles. The fourth-order valence-corrected chi connectivity index (χ4v) is 5.72. The first-order valence-corrected chi connectivity index (χ1v) is 10.8. The lowest BCUT2D eigenvalue weighted by Crippen LogP contribution is -2.59. The topological polar surface area (TPSA) is 12.5 Å². The molecule has 0 amide bonds. The van der Waals surface area contributed by atoms with Crippen LogP contribution in [0.3, 0.4) is 0 Å². The van der Waals surface area contributed by atoms with Gasteiger partial charge in [0.25, 0.3) is 0 Å². The molecule has 2 heteroatoms. The maximum atomic E-state index is 6.89. The number of nitrogens with zero attached hydrogens (tertiary/aromatic N) is 1. The fourth-order valence-electron chi connectivity index (χ4n) is 5.72. The molecule has 144 valence electrons. The molecule has 3 aromatic rings. The highest BCUT2D eigenvalue weighted by Crippen LogP contribution is 2.59. The van der Waals surface area contributed by atoms with Gasteiger partial charge in [0, 0.05) is 24.0 Å². The number of benzene rings is 3. The molecule has 29 heavy (non-hydrogen) atoms. The fraction of sp³-hybridized carbons (Fsp3) is 0.259. The third-order valence-electron chi connectivity index (χ3n) is 6.92. The van der Waals surface area contributed by atoms with Gasteiger partial charge in [0.15, 0.2) is 5.72 Å². The van der Waals surface area contributed by atoms with Crippen LogP contribution in [0.2, 0.25) is 0 Å². The van der Waals surface area contributed by atoms with Crippen LogP contribution in [-0.2, 0) is 0 Å². The zero-order chi connectivity index (χ0) is 19.3. The van der Waals surface area contributed by atoms with E-state index in [1.165, 1.54) is 41.8 Å². The molecule has 1 spiro atoms. The number of para-hydroxylation sites is 2. The van der Waals surface area contributed by atoms with Crippen LogP contribution in [0.15, 0.2) is 91.0 Å². The van der Waals surface area contributed by atoms with Gasteiger partial charge in [0.2, 0.25) is 0 Å². The van der Waals surface area contributed by atoms with Crippen LogP contribution in [0, 0.1) is 5.92 Å². The van der Waals surface area contributed by atoms with Crippen molar-refractivity contribution in [2.45, 2.75) is 37.3 Å². The van der Waals surface area contributed by atoms with E-state index in [2.05, 4.69) is 95.9 Å². The largest absolute Gasteiger partial charge is 0.465 e. The number of hydrogen-bond acceptors (Lipinski definition) is 2.